The molecule has 96 valence electrons. The zero-order chi connectivity index (χ0) is 12.9. The topological polar surface area (TPSA) is 74.6 Å². The summed E-state index contributed by atoms with van der Waals surface area (Å²) >= 11 is 0. The Hall–Kier alpha value is -0.243. The molecule has 4 nitrogen and oxygen atoms in total. The Morgan fingerprint density at radius 1 is 1.16 bits per heavy atom. The number of rotatable bonds is 6. The molecule has 0 unspecified atom stereocenters. The van der Waals surface area contributed by atoms with Crippen LogP contribution in [0.15, 0.2) is 30.3 Å². The minimum atomic E-state index is -1.82. The summed E-state index contributed by atoms with van der Waals surface area (Å²) in [4.78, 5) is 22.8. The van der Waals surface area contributed by atoms with Gasteiger partial charge in [-0.25, -0.2) is 0 Å². The van der Waals surface area contributed by atoms with Gasteiger partial charge in [-0.3, -0.25) is 9.59 Å². The quantitative estimate of drug-likeness (QED) is 0.415. The van der Waals surface area contributed by atoms with Crippen molar-refractivity contribution < 1.29 is 71.1 Å². The van der Waals surface area contributed by atoms with Gasteiger partial charge in [-0.1, -0.05) is 50.1 Å². The fourth-order valence-corrected chi connectivity index (χ4v) is 1.86. The van der Waals surface area contributed by atoms with E-state index in [1.807, 2.05) is 6.92 Å². The standard InChI is InChI=1S/C13H16O4.Li.Na.2H/c1-2-3-9-13(11(14)15,12(16)17)10-7-5-4-6-8-10;;;;/h4-8H,2-3,9H2,1H3,(H,14,15)(H,16,17);;;;/q;2*+1;2*-1. The molecule has 0 atom stereocenters. The van der Waals surface area contributed by atoms with E-state index in [0.717, 1.165) is 6.42 Å². The van der Waals surface area contributed by atoms with E-state index in [-0.39, 0.29) is 57.7 Å². The van der Waals surface area contributed by atoms with Crippen LogP contribution in [0.5, 0.6) is 0 Å². The van der Waals surface area contributed by atoms with Crippen LogP contribution in [-0.4, -0.2) is 22.2 Å². The van der Waals surface area contributed by atoms with Crippen LogP contribution in [0.1, 0.15) is 34.6 Å². The number of hydrogen-bond acceptors (Lipinski definition) is 2. The summed E-state index contributed by atoms with van der Waals surface area (Å²) in [7, 11) is 0. The third-order valence-electron chi connectivity index (χ3n) is 2.90. The second kappa shape index (κ2) is 9.63. The Bertz CT molecular complexity index is 404. The van der Waals surface area contributed by atoms with Crippen LogP contribution in [0.4, 0.5) is 0 Å². The summed E-state index contributed by atoms with van der Waals surface area (Å²) in [6.07, 6.45) is 1.43. The third-order valence-corrected chi connectivity index (χ3v) is 2.90. The molecule has 0 amide bonds. The fourth-order valence-electron chi connectivity index (χ4n) is 1.86. The van der Waals surface area contributed by atoms with E-state index < -0.39 is 17.4 Å². The van der Waals surface area contributed by atoms with Crippen LogP contribution < -0.4 is 48.4 Å². The summed E-state index contributed by atoms with van der Waals surface area (Å²) in [5, 5.41) is 18.6. The van der Waals surface area contributed by atoms with Crippen molar-refractivity contribution in [2.24, 2.45) is 0 Å². The fraction of sp³-hybridized carbons (Fsp3) is 0.385. The average molecular weight is 268 g/mol. The van der Waals surface area contributed by atoms with Gasteiger partial charge in [0.25, 0.3) is 0 Å². The maximum absolute atomic E-state index is 11.4. The molecular weight excluding hydrogens is 250 g/mol. The molecule has 0 heterocycles. The first-order chi connectivity index (χ1) is 8.05. The summed E-state index contributed by atoms with van der Waals surface area (Å²) in [6.45, 7) is 1.90. The van der Waals surface area contributed by atoms with E-state index >= 15 is 0 Å². The molecule has 0 fully saturated rings. The molecule has 1 rings (SSSR count). The average Bonchev–Trinajstić information content (AvgIpc) is 2.30. The smallest absolute Gasteiger partial charge is 1.00 e. The SMILES string of the molecule is CCCCC(C(=O)O)(C(=O)O)c1ccccc1.[H-].[H-].[Li+].[Na+]. The Labute approximate surface area is 150 Å². The van der Waals surface area contributed by atoms with Crippen molar-refractivity contribution in [3.05, 3.63) is 35.9 Å². The maximum Gasteiger partial charge on any atom is 1.00 e. The molecule has 1 aromatic rings. The van der Waals surface area contributed by atoms with Crippen molar-refractivity contribution in [2.45, 2.75) is 31.6 Å². The normalized spacial score (nSPS) is 9.95. The predicted molar refractivity (Wildman–Crippen MR) is 65.1 cm³/mol. The van der Waals surface area contributed by atoms with Gasteiger partial charge in [0, 0.05) is 0 Å². The number of carboxylic acid groups (broad SMARTS) is 2. The number of carboxylic acids is 2. The van der Waals surface area contributed by atoms with E-state index in [0.29, 0.717) is 12.0 Å². The molecular formula is C13H18LiNaO4. The molecule has 6 heteroatoms. The van der Waals surface area contributed by atoms with E-state index in [1.54, 1.807) is 30.3 Å². The van der Waals surface area contributed by atoms with E-state index in [4.69, 9.17) is 0 Å². The Morgan fingerprint density at radius 3 is 2.00 bits per heavy atom. The molecule has 0 aromatic heterocycles. The molecule has 0 spiro atoms. The number of hydrogen-bond donors (Lipinski definition) is 2. The number of benzene rings is 1. The largest absolute Gasteiger partial charge is 1.00 e. The second-order valence-corrected chi connectivity index (χ2v) is 3.99. The number of carbonyl (C=O) groups is 2. The molecule has 0 aliphatic carbocycles. The molecule has 19 heavy (non-hydrogen) atoms. The van der Waals surface area contributed by atoms with Gasteiger partial charge in [0.2, 0.25) is 0 Å². The van der Waals surface area contributed by atoms with Gasteiger partial charge < -0.3 is 13.1 Å². The molecule has 0 aliphatic heterocycles. The van der Waals surface area contributed by atoms with Crippen LogP contribution in [0.2, 0.25) is 0 Å². The van der Waals surface area contributed by atoms with Gasteiger partial charge in [-0.15, -0.1) is 0 Å². The Balaban J connectivity index is -0.000000361. The Morgan fingerprint density at radius 2 is 1.63 bits per heavy atom. The molecule has 1 aromatic carbocycles. The van der Waals surface area contributed by atoms with E-state index in [9.17, 15) is 19.8 Å². The third kappa shape index (κ3) is 4.66. The van der Waals surface area contributed by atoms with Crippen LogP contribution in [-0.2, 0) is 15.0 Å². The summed E-state index contributed by atoms with van der Waals surface area (Å²) in [5.41, 5.74) is -1.49. The maximum atomic E-state index is 11.4. The monoisotopic (exact) mass is 268 g/mol. The van der Waals surface area contributed by atoms with Crippen LogP contribution >= 0.6 is 0 Å². The molecule has 0 aliphatic rings. The molecule has 0 radical (unpaired) electrons. The first kappa shape index (κ1) is 21.1. The van der Waals surface area contributed by atoms with Gasteiger partial charge in [0.15, 0.2) is 5.41 Å². The van der Waals surface area contributed by atoms with Crippen molar-refractivity contribution in [3.63, 3.8) is 0 Å². The Kier molecular flexibility index (Phi) is 10.7. The van der Waals surface area contributed by atoms with E-state index in [1.165, 1.54) is 0 Å². The minimum absolute atomic E-state index is 0. The van der Waals surface area contributed by atoms with Crippen molar-refractivity contribution in [3.8, 4) is 0 Å². The molecule has 2 N–H and O–H groups in total. The first-order valence-electron chi connectivity index (χ1n) is 5.58. The van der Waals surface area contributed by atoms with E-state index in [2.05, 4.69) is 0 Å². The van der Waals surface area contributed by atoms with Gasteiger partial charge in [0.05, 0.1) is 0 Å². The second-order valence-electron chi connectivity index (χ2n) is 3.99. The molecule has 0 saturated heterocycles. The minimum Gasteiger partial charge on any atom is -1.00 e. The number of unbranched alkanes of at least 4 members (excludes halogenated alkanes) is 1. The first-order valence-corrected chi connectivity index (χ1v) is 5.58. The summed E-state index contributed by atoms with van der Waals surface area (Å²) in [5.74, 6) is -2.60. The van der Waals surface area contributed by atoms with Crippen molar-refractivity contribution in [1.29, 1.82) is 0 Å². The van der Waals surface area contributed by atoms with Gasteiger partial charge in [-0.05, 0) is 12.0 Å². The zero-order valence-electron chi connectivity index (χ0n) is 13.7. The van der Waals surface area contributed by atoms with Crippen LogP contribution in [0.25, 0.3) is 0 Å². The zero-order valence-corrected chi connectivity index (χ0v) is 13.7. The molecule has 0 saturated carbocycles. The van der Waals surface area contributed by atoms with Crippen LogP contribution in [0.3, 0.4) is 0 Å². The summed E-state index contributed by atoms with van der Waals surface area (Å²) in [6, 6.07) is 8.15. The van der Waals surface area contributed by atoms with Crippen LogP contribution in [0, 0.1) is 0 Å². The van der Waals surface area contributed by atoms with Crippen molar-refractivity contribution in [2.75, 3.05) is 0 Å². The summed E-state index contributed by atoms with van der Waals surface area (Å²) < 4.78 is 0. The number of aliphatic carboxylic acids is 2. The van der Waals surface area contributed by atoms with Gasteiger partial charge in [-0.2, -0.15) is 0 Å². The van der Waals surface area contributed by atoms with Gasteiger partial charge in [0.1, 0.15) is 0 Å². The van der Waals surface area contributed by atoms with Crippen molar-refractivity contribution in [1.82, 2.24) is 0 Å². The van der Waals surface area contributed by atoms with Gasteiger partial charge >= 0.3 is 60.4 Å². The van der Waals surface area contributed by atoms with Crippen molar-refractivity contribution >= 4 is 11.9 Å². The molecule has 0 bridgehead atoms. The predicted octanol–water partition coefficient (Wildman–Crippen LogP) is -3.48.